The number of ether oxygens (including phenoxy) is 1. The maximum absolute atomic E-state index is 12.1. The summed E-state index contributed by atoms with van der Waals surface area (Å²) in [5.41, 5.74) is 6.53. The summed E-state index contributed by atoms with van der Waals surface area (Å²) in [6.45, 7) is 3.66. The van der Waals surface area contributed by atoms with Crippen LogP contribution in [0.4, 0.5) is 5.69 Å². The van der Waals surface area contributed by atoms with E-state index in [4.69, 9.17) is 5.73 Å². The van der Waals surface area contributed by atoms with Gasteiger partial charge in [-0.2, -0.15) is 0 Å². The van der Waals surface area contributed by atoms with Crippen LogP contribution in [0.15, 0.2) is 22.7 Å². The number of nitrogen functional groups attached to an aromatic ring is 1. The summed E-state index contributed by atoms with van der Waals surface area (Å²) in [6, 6.07) is 4.20. The Labute approximate surface area is 120 Å². The van der Waals surface area contributed by atoms with Gasteiger partial charge in [0.15, 0.2) is 0 Å². The highest BCUT2D eigenvalue weighted by Gasteiger charge is 2.25. The topological polar surface area (TPSA) is 81.4 Å². The molecule has 0 aromatic heterocycles. The SMILES string of the molecule is COC(=O)[C@@H](NC(=O)c1cc(N)cc(Br)c1)C(C)C. The number of methoxy groups -OCH3 is 1. The lowest BCUT2D eigenvalue weighted by atomic mass is 10.0. The average molecular weight is 329 g/mol. The van der Waals surface area contributed by atoms with Crippen LogP contribution < -0.4 is 11.1 Å². The molecule has 1 aromatic carbocycles. The standard InChI is InChI=1S/C13H17BrN2O3/c1-7(2)11(13(18)19-3)16-12(17)8-4-9(14)6-10(15)5-8/h4-7,11H,15H2,1-3H3,(H,16,17)/t11-/m0/s1. The average Bonchev–Trinajstić information content (AvgIpc) is 2.33. The summed E-state index contributed by atoms with van der Waals surface area (Å²) < 4.78 is 5.38. The number of benzene rings is 1. The quantitative estimate of drug-likeness (QED) is 0.654. The first-order valence-corrected chi connectivity index (χ1v) is 6.59. The zero-order chi connectivity index (χ0) is 14.6. The summed E-state index contributed by atoms with van der Waals surface area (Å²) in [7, 11) is 1.29. The van der Waals surface area contributed by atoms with Crippen molar-refractivity contribution in [3.8, 4) is 0 Å². The van der Waals surface area contributed by atoms with E-state index in [9.17, 15) is 9.59 Å². The molecule has 0 spiro atoms. The van der Waals surface area contributed by atoms with Gasteiger partial charge in [0.1, 0.15) is 6.04 Å². The third kappa shape index (κ3) is 4.24. The highest BCUT2D eigenvalue weighted by atomic mass is 79.9. The fourth-order valence-corrected chi connectivity index (χ4v) is 2.10. The first-order valence-electron chi connectivity index (χ1n) is 5.80. The van der Waals surface area contributed by atoms with Gasteiger partial charge in [-0.15, -0.1) is 0 Å². The molecule has 0 saturated carbocycles. The summed E-state index contributed by atoms with van der Waals surface area (Å²) in [5, 5.41) is 2.65. The second kappa shape index (κ2) is 6.56. The number of carbonyl (C=O) groups is 2. The van der Waals surface area contributed by atoms with Crippen molar-refractivity contribution < 1.29 is 14.3 Å². The maximum Gasteiger partial charge on any atom is 0.328 e. The van der Waals surface area contributed by atoms with E-state index in [1.165, 1.54) is 7.11 Å². The number of hydrogen-bond donors (Lipinski definition) is 2. The van der Waals surface area contributed by atoms with Crippen LogP contribution in [0, 0.1) is 5.92 Å². The van der Waals surface area contributed by atoms with E-state index < -0.39 is 12.0 Å². The largest absolute Gasteiger partial charge is 0.467 e. The van der Waals surface area contributed by atoms with Crippen LogP contribution in [0.5, 0.6) is 0 Å². The molecule has 6 heteroatoms. The van der Waals surface area contributed by atoms with E-state index in [1.807, 2.05) is 13.8 Å². The monoisotopic (exact) mass is 328 g/mol. The molecule has 0 bridgehead atoms. The van der Waals surface area contributed by atoms with Crippen molar-refractivity contribution in [3.05, 3.63) is 28.2 Å². The highest BCUT2D eigenvalue weighted by molar-refractivity contribution is 9.10. The minimum Gasteiger partial charge on any atom is -0.467 e. The Kier molecular flexibility index (Phi) is 5.35. The summed E-state index contributed by atoms with van der Waals surface area (Å²) in [4.78, 5) is 23.7. The highest BCUT2D eigenvalue weighted by Crippen LogP contribution is 2.17. The van der Waals surface area contributed by atoms with E-state index >= 15 is 0 Å². The van der Waals surface area contributed by atoms with Crippen LogP contribution in [-0.2, 0) is 9.53 Å². The molecule has 0 fully saturated rings. The zero-order valence-corrected chi connectivity index (χ0v) is 12.7. The van der Waals surface area contributed by atoms with Crippen molar-refractivity contribution in [2.45, 2.75) is 19.9 Å². The lowest BCUT2D eigenvalue weighted by Gasteiger charge is -2.19. The maximum atomic E-state index is 12.1. The minimum absolute atomic E-state index is 0.0686. The number of rotatable bonds is 4. The van der Waals surface area contributed by atoms with Gasteiger partial charge in [-0.05, 0) is 24.1 Å². The Bertz CT molecular complexity index is 469. The second-order valence-corrected chi connectivity index (χ2v) is 5.41. The van der Waals surface area contributed by atoms with Crippen LogP contribution in [0.1, 0.15) is 24.2 Å². The number of carbonyl (C=O) groups excluding carboxylic acids is 2. The molecule has 0 unspecified atom stereocenters. The van der Waals surface area contributed by atoms with Gasteiger partial charge >= 0.3 is 5.97 Å². The van der Waals surface area contributed by atoms with Gasteiger partial charge in [-0.3, -0.25) is 4.79 Å². The van der Waals surface area contributed by atoms with Gasteiger partial charge in [0.2, 0.25) is 0 Å². The smallest absolute Gasteiger partial charge is 0.328 e. The number of nitrogens with two attached hydrogens (primary N) is 1. The molecule has 19 heavy (non-hydrogen) atoms. The van der Waals surface area contributed by atoms with Crippen molar-refractivity contribution >= 4 is 33.5 Å². The number of anilines is 1. The molecule has 0 aliphatic carbocycles. The molecule has 0 aliphatic rings. The van der Waals surface area contributed by atoms with E-state index in [0.717, 1.165) is 0 Å². The number of halogens is 1. The van der Waals surface area contributed by atoms with Gasteiger partial charge < -0.3 is 15.8 Å². The van der Waals surface area contributed by atoms with Gasteiger partial charge in [0.25, 0.3) is 5.91 Å². The molecule has 1 atom stereocenters. The van der Waals surface area contributed by atoms with Crippen molar-refractivity contribution in [1.82, 2.24) is 5.32 Å². The molecule has 1 aromatic rings. The van der Waals surface area contributed by atoms with Crippen LogP contribution in [-0.4, -0.2) is 25.0 Å². The molecule has 0 aliphatic heterocycles. The van der Waals surface area contributed by atoms with Crippen molar-refractivity contribution in [2.24, 2.45) is 5.92 Å². The first-order chi connectivity index (χ1) is 8.85. The molecular formula is C13H17BrN2O3. The van der Waals surface area contributed by atoms with Gasteiger partial charge in [0.05, 0.1) is 7.11 Å². The van der Waals surface area contributed by atoms with Crippen LogP contribution in [0.3, 0.4) is 0 Å². The first kappa shape index (κ1) is 15.5. The summed E-state index contributed by atoms with van der Waals surface area (Å²) in [5.74, 6) is -0.899. The Morgan fingerprint density at radius 2 is 1.95 bits per heavy atom. The second-order valence-electron chi connectivity index (χ2n) is 4.49. The summed E-state index contributed by atoms with van der Waals surface area (Å²) in [6.07, 6.45) is 0. The third-order valence-corrected chi connectivity index (χ3v) is 3.05. The van der Waals surface area contributed by atoms with E-state index in [0.29, 0.717) is 15.7 Å². The molecule has 3 N–H and O–H groups in total. The van der Waals surface area contributed by atoms with Gasteiger partial charge in [-0.1, -0.05) is 29.8 Å². The van der Waals surface area contributed by atoms with Gasteiger partial charge in [0, 0.05) is 15.7 Å². The molecule has 0 heterocycles. The molecule has 1 rings (SSSR count). The number of esters is 1. The Balaban J connectivity index is 2.90. The molecule has 0 radical (unpaired) electrons. The van der Waals surface area contributed by atoms with Crippen LogP contribution in [0.2, 0.25) is 0 Å². The van der Waals surface area contributed by atoms with E-state index in [2.05, 4.69) is 26.0 Å². The fraction of sp³-hybridized carbons (Fsp3) is 0.385. The van der Waals surface area contributed by atoms with Crippen molar-refractivity contribution in [1.29, 1.82) is 0 Å². The molecule has 104 valence electrons. The van der Waals surface area contributed by atoms with Crippen molar-refractivity contribution in [3.63, 3.8) is 0 Å². The zero-order valence-electron chi connectivity index (χ0n) is 11.1. The van der Waals surface area contributed by atoms with E-state index in [-0.39, 0.29) is 11.8 Å². The Morgan fingerprint density at radius 1 is 1.32 bits per heavy atom. The van der Waals surface area contributed by atoms with Gasteiger partial charge in [-0.25, -0.2) is 4.79 Å². The number of hydrogen-bond acceptors (Lipinski definition) is 4. The predicted molar refractivity (Wildman–Crippen MR) is 76.7 cm³/mol. The fourth-order valence-electron chi connectivity index (χ4n) is 1.59. The lowest BCUT2D eigenvalue weighted by Crippen LogP contribution is -2.45. The molecule has 1 amide bonds. The van der Waals surface area contributed by atoms with Crippen LogP contribution >= 0.6 is 15.9 Å². The minimum atomic E-state index is -0.683. The Morgan fingerprint density at radius 3 is 2.42 bits per heavy atom. The third-order valence-electron chi connectivity index (χ3n) is 2.59. The van der Waals surface area contributed by atoms with Crippen molar-refractivity contribution in [2.75, 3.05) is 12.8 Å². The summed E-state index contributed by atoms with van der Waals surface area (Å²) >= 11 is 3.27. The predicted octanol–water partition coefficient (Wildman–Crippen LogP) is 1.96. The number of nitrogens with one attached hydrogen (secondary N) is 1. The normalized spacial score (nSPS) is 12.1. The molecular weight excluding hydrogens is 312 g/mol. The lowest BCUT2D eigenvalue weighted by molar-refractivity contribution is -0.144. The number of amides is 1. The van der Waals surface area contributed by atoms with Crippen LogP contribution in [0.25, 0.3) is 0 Å². The molecule has 0 saturated heterocycles. The Hall–Kier alpha value is -1.56. The van der Waals surface area contributed by atoms with E-state index in [1.54, 1.807) is 18.2 Å². The molecule has 5 nitrogen and oxygen atoms in total.